The molecule has 0 unspecified atom stereocenters. The van der Waals surface area contributed by atoms with Gasteiger partial charge in [0.1, 0.15) is 5.69 Å². The zero-order valence-corrected chi connectivity index (χ0v) is 8.27. The lowest BCUT2D eigenvalue weighted by Crippen LogP contribution is -2.25. The van der Waals surface area contributed by atoms with Crippen LogP contribution in [0.15, 0.2) is 12.1 Å². The van der Waals surface area contributed by atoms with Gasteiger partial charge in [-0.05, 0) is 13.0 Å². The summed E-state index contributed by atoms with van der Waals surface area (Å²) in [6.45, 7) is 3.06. The highest BCUT2D eigenvalue weighted by atomic mass is 16.7. The summed E-state index contributed by atoms with van der Waals surface area (Å²) in [5.41, 5.74) is 2.57. The molecule has 1 amide bonds. The van der Waals surface area contributed by atoms with E-state index in [1.165, 1.54) is 6.92 Å². The SMILES string of the molecule is CC(=O)c1ccc(C)c(ONC(=O)O)n1. The molecule has 0 saturated heterocycles. The fourth-order valence-corrected chi connectivity index (χ4v) is 0.901. The van der Waals surface area contributed by atoms with E-state index >= 15 is 0 Å². The van der Waals surface area contributed by atoms with Crippen LogP contribution in [0.25, 0.3) is 0 Å². The minimum atomic E-state index is -1.33. The quantitative estimate of drug-likeness (QED) is 0.577. The van der Waals surface area contributed by atoms with Gasteiger partial charge in [-0.15, -0.1) is 0 Å². The number of rotatable bonds is 3. The van der Waals surface area contributed by atoms with Crippen LogP contribution in [0.3, 0.4) is 0 Å². The number of carbonyl (C=O) groups excluding carboxylic acids is 1. The molecule has 0 aliphatic rings. The van der Waals surface area contributed by atoms with Crippen molar-refractivity contribution in [2.24, 2.45) is 0 Å². The topological polar surface area (TPSA) is 88.5 Å². The van der Waals surface area contributed by atoms with Crippen LogP contribution in [0.5, 0.6) is 5.88 Å². The van der Waals surface area contributed by atoms with Gasteiger partial charge in [-0.25, -0.2) is 9.78 Å². The maximum absolute atomic E-state index is 11.0. The second kappa shape index (κ2) is 4.41. The first-order valence-electron chi connectivity index (χ1n) is 4.15. The Morgan fingerprint density at radius 3 is 2.67 bits per heavy atom. The first kappa shape index (κ1) is 11.0. The van der Waals surface area contributed by atoms with Crippen molar-refractivity contribution in [2.75, 3.05) is 0 Å². The monoisotopic (exact) mass is 210 g/mol. The molecule has 0 aliphatic heterocycles. The van der Waals surface area contributed by atoms with Crippen LogP contribution in [-0.2, 0) is 0 Å². The number of nitrogens with one attached hydrogen (secondary N) is 1. The molecule has 1 aromatic rings. The summed E-state index contributed by atoms with van der Waals surface area (Å²) in [7, 11) is 0. The van der Waals surface area contributed by atoms with Gasteiger partial charge < -0.3 is 9.94 Å². The third-order valence-electron chi connectivity index (χ3n) is 1.65. The normalized spacial score (nSPS) is 9.47. The number of aromatic nitrogens is 1. The summed E-state index contributed by atoms with van der Waals surface area (Å²) >= 11 is 0. The summed E-state index contributed by atoms with van der Waals surface area (Å²) in [5.74, 6) is -0.139. The van der Waals surface area contributed by atoms with Gasteiger partial charge >= 0.3 is 6.09 Å². The number of ketones is 1. The van der Waals surface area contributed by atoms with Gasteiger partial charge in [-0.1, -0.05) is 6.07 Å². The fourth-order valence-electron chi connectivity index (χ4n) is 0.901. The molecule has 0 aromatic carbocycles. The molecule has 15 heavy (non-hydrogen) atoms. The van der Waals surface area contributed by atoms with Crippen LogP contribution in [-0.4, -0.2) is 22.0 Å². The zero-order chi connectivity index (χ0) is 11.4. The number of carbonyl (C=O) groups is 2. The number of aryl methyl sites for hydroxylation is 1. The van der Waals surface area contributed by atoms with Gasteiger partial charge in [-0.2, -0.15) is 5.48 Å². The smallest absolute Gasteiger partial charge is 0.438 e. The molecule has 0 saturated carbocycles. The van der Waals surface area contributed by atoms with Crippen molar-refractivity contribution < 1.29 is 19.5 Å². The van der Waals surface area contributed by atoms with Crippen LogP contribution >= 0.6 is 0 Å². The molecule has 0 aliphatic carbocycles. The molecule has 0 bridgehead atoms. The molecule has 80 valence electrons. The summed E-state index contributed by atoms with van der Waals surface area (Å²) in [4.78, 5) is 29.7. The van der Waals surface area contributed by atoms with E-state index < -0.39 is 6.09 Å². The van der Waals surface area contributed by atoms with Crippen LogP contribution in [0.1, 0.15) is 23.0 Å². The summed E-state index contributed by atoms with van der Waals surface area (Å²) in [6.07, 6.45) is -1.33. The van der Waals surface area contributed by atoms with Gasteiger partial charge in [-0.3, -0.25) is 4.79 Å². The van der Waals surface area contributed by atoms with Crippen molar-refractivity contribution in [2.45, 2.75) is 13.8 Å². The first-order chi connectivity index (χ1) is 7.00. The van der Waals surface area contributed by atoms with Crippen LogP contribution in [0, 0.1) is 6.92 Å². The number of hydroxylamine groups is 1. The van der Waals surface area contributed by atoms with Crippen LogP contribution in [0.2, 0.25) is 0 Å². The lowest BCUT2D eigenvalue weighted by atomic mass is 10.2. The molecule has 0 spiro atoms. The summed E-state index contributed by atoms with van der Waals surface area (Å²) in [5, 5.41) is 8.31. The maximum Gasteiger partial charge on any atom is 0.438 e. The molecule has 6 nitrogen and oxygen atoms in total. The average molecular weight is 210 g/mol. The van der Waals surface area contributed by atoms with Crippen molar-refractivity contribution in [3.8, 4) is 5.88 Å². The van der Waals surface area contributed by atoms with E-state index in [1.807, 2.05) is 0 Å². The maximum atomic E-state index is 11.0. The van der Waals surface area contributed by atoms with E-state index in [9.17, 15) is 9.59 Å². The highest BCUT2D eigenvalue weighted by Crippen LogP contribution is 2.14. The van der Waals surface area contributed by atoms with Crippen molar-refractivity contribution in [1.29, 1.82) is 0 Å². The Balaban J connectivity index is 2.90. The Kier molecular flexibility index (Phi) is 3.22. The third kappa shape index (κ3) is 2.94. The summed E-state index contributed by atoms with van der Waals surface area (Å²) in [6, 6.07) is 3.17. The second-order valence-electron chi connectivity index (χ2n) is 2.88. The van der Waals surface area contributed by atoms with Crippen molar-refractivity contribution in [1.82, 2.24) is 10.5 Å². The number of hydrogen-bond donors (Lipinski definition) is 2. The van der Waals surface area contributed by atoms with Gasteiger partial charge in [0, 0.05) is 12.5 Å². The van der Waals surface area contributed by atoms with E-state index in [4.69, 9.17) is 5.11 Å². The molecule has 1 aromatic heterocycles. The van der Waals surface area contributed by atoms with Crippen LogP contribution < -0.4 is 10.3 Å². The Morgan fingerprint density at radius 2 is 2.13 bits per heavy atom. The molecule has 0 radical (unpaired) electrons. The Bertz CT molecular complexity index is 403. The molecule has 1 rings (SSSR count). The predicted octanol–water partition coefficient (Wildman–Crippen LogP) is 1.15. The van der Waals surface area contributed by atoms with E-state index in [2.05, 4.69) is 9.82 Å². The molecular formula is C9H10N2O4. The standard InChI is InChI=1S/C9H10N2O4/c1-5-3-4-7(6(2)12)10-8(5)15-11-9(13)14/h3-4,11H,1-2H3,(H,13,14). The number of hydrogen-bond acceptors (Lipinski definition) is 4. The number of amides is 1. The second-order valence-corrected chi connectivity index (χ2v) is 2.88. The van der Waals surface area contributed by atoms with Crippen molar-refractivity contribution in [3.63, 3.8) is 0 Å². The number of Topliss-reactive ketones (excluding diaryl/α,β-unsaturated/α-hetero) is 1. The lowest BCUT2D eigenvalue weighted by molar-refractivity contribution is 0.101. The fraction of sp³-hybridized carbons (Fsp3) is 0.222. The Morgan fingerprint density at radius 1 is 1.47 bits per heavy atom. The van der Waals surface area contributed by atoms with E-state index in [0.717, 1.165) is 0 Å². The Labute approximate surface area is 85.8 Å². The number of carboxylic acid groups (broad SMARTS) is 1. The van der Waals surface area contributed by atoms with Gasteiger partial charge in [0.2, 0.25) is 5.88 Å². The summed E-state index contributed by atoms with van der Waals surface area (Å²) < 4.78 is 0. The molecule has 2 N–H and O–H groups in total. The van der Waals surface area contributed by atoms with E-state index in [-0.39, 0.29) is 17.4 Å². The minimum absolute atomic E-state index is 0.0742. The average Bonchev–Trinajstić information content (AvgIpc) is 2.16. The minimum Gasteiger partial charge on any atom is -0.463 e. The molecular weight excluding hydrogens is 200 g/mol. The zero-order valence-electron chi connectivity index (χ0n) is 8.27. The molecule has 0 atom stereocenters. The van der Waals surface area contributed by atoms with Gasteiger partial charge in [0.15, 0.2) is 5.78 Å². The predicted molar refractivity (Wildman–Crippen MR) is 50.8 cm³/mol. The molecule has 6 heteroatoms. The van der Waals surface area contributed by atoms with Crippen molar-refractivity contribution in [3.05, 3.63) is 23.4 Å². The van der Waals surface area contributed by atoms with Gasteiger partial charge in [0.25, 0.3) is 0 Å². The van der Waals surface area contributed by atoms with Crippen molar-refractivity contribution >= 4 is 11.9 Å². The third-order valence-corrected chi connectivity index (χ3v) is 1.65. The molecule has 0 fully saturated rings. The van der Waals surface area contributed by atoms with Gasteiger partial charge in [0.05, 0.1) is 0 Å². The van der Waals surface area contributed by atoms with E-state index in [0.29, 0.717) is 5.56 Å². The number of pyridine rings is 1. The highest BCUT2D eigenvalue weighted by molar-refractivity contribution is 5.92. The van der Waals surface area contributed by atoms with Crippen LogP contribution in [0.4, 0.5) is 4.79 Å². The first-order valence-corrected chi connectivity index (χ1v) is 4.15. The highest BCUT2D eigenvalue weighted by Gasteiger charge is 2.08. The molecule has 1 heterocycles. The Hall–Kier alpha value is -2.11. The largest absolute Gasteiger partial charge is 0.463 e. The lowest BCUT2D eigenvalue weighted by Gasteiger charge is -2.06. The van der Waals surface area contributed by atoms with E-state index in [1.54, 1.807) is 24.5 Å². The number of nitrogens with zero attached hydrogens (tertiary/aromatic N) is 1.